The maximum absolute atomic E-state index is 13.0. The molecule has 152 valence electrons. The summed E-state index contributed by atoms with van der Waals surface area (Å²) in [6.07, 6.45) is 2.87. The van der Waals surface area contributed by atoms with Crippen LogP contribution in [0.1, 0.15) is 19.8 Å². The summed E-state index contributed by atoms with van der Waals surface area (Å²) < 4.78 is 8.16. The van der Waals surface area contributed by atoms with Crippen molar-refractivity contribution < 1.29 is 14.3 Å². The van der Waals surface area contributed by atoms with Crippen LogP contribution in [0.15, 0.2) is 35.3 Å². The number of para-hydroxylation sites is 1. The van der Waals surface area contributed by atoms with Crippen molar-refractivity contribution in [1.29, 1.82) is 0 Å². The van der Waals surface area contributed by atoms with E-state index in [4.69, 9.17) is 4.74 Å². The third-order valence-corrected chi connectivity index (χ3v) is 5.63. The van der Waals surface area contributed by atoms with E-state index in [2.05, 4.69) is 5.10 Å². The van der Waals surface area contributed by atoms with Crippen molar-refractivity contribution in [3.05, 3.63) is 40.8 Å². The van der Waals surface area contributed by atoms with Crippen molar-refractivity contribution in [2.75, 3.05) is 19.7 Å². The Hall–Kier alpha value is -3.16. The highest BCUT2D eigenvalue weighted by Gasteiger charge is 2.29. The minimum Gasteiger partial charge on any atom is -0.466 e. The third kappa shape index (κ3) is 3.39. The number of aryl methyl sites for hydroxylation is 1. The minimum atomic E-state index is -0.229. The number of fused-ring (bicyclic) bond motifs is 3. The summed E-state index contributed by atoms with van der Waals surface area (Å²) in [6.45, 7) is 3.27. The molecular formula is C21H24N4O4. The number of nitrogens with zero attached hydrogens (tertiary/aromatic N) is 4. The lowest BCUT2D eigenvalue weighted by Gasteiger charge is -2.31. The molecule has 3 aromatic rings. The van der Waals surface area contributed by atoms with Gasteiger partial charge in [-0.05, 0) is 25.8 Å². The first-order chi connectivity index (χ1) is 14.0. The van der Waals surface area contributed by atoms with Gasteiger partial charge in [0.15, 0.2) is 0 Å². The third-order valence-electron chi connectivity index (χ3n) is 5.63. The van der Waals surface area contributed by atoms with Crippen molar-refractivity contribution in [1.82, 2.24) is 19.2 Å². The minimum absolute atomic E-state index is 0.0613. The van der Waals surface area contributed by atoms with Gasteiger partial charge in [-0.25, -0.2) is 4.68 Å². The molecule has 0 N–H and O–H groups in total. The van der Waals surface area contributed by atoms with Crippen LogP contribution in [0, 0.1) is 5.92 Å². The van der Waals surface area contributed by atoms with E-state index in [0.717, 1.165) is 16.3 Å². The van der Waals surface area contributed by atoms with Gasteiger partial charge in [-0.1, -0.05) is 18.2 Å². The lowest BCUT2D eigenvalue weighted by molar-refractivity contribution is -0.151. The van der Waals surface area contributed by atoms with Gasteiger partial charge in [0.05, 0.1) is 18.7 Å². The van der Waals surface area contributed by atoms with Crippen LogP contribution in [0.25, 0.3) is 21.8 Å². The Morgan fingerprint density at radius 1 is 1.17 bits per heavy atom. The van der Waals surface area contributed by atoms with Crippen molar-refractivity contribution >= 4 is 33.7 Å². The molecule has 3 heterocycles. The normalized spacial score (nSPS) is 15.2. The lowest BCUT2D eigenvalue weighted by Crippen LogP contribution is -2.42. The molecule has 1 aliphatic heterocycles. The summed E-state index contributed by atoms with van der Waals surface area (Å²) in [5.41, 5.74) is 1.09. The van der Waals surface area contributed by atoms with Gasteiger partial charge in [-0.15, -0.1) is 0 Å². The molecule has 2 aromatic heterocycles. The average molecular weight is 396 g/mol. The fourth-order valence-electron chi connectivity index (χ4n) is 4.07. The highest BCUT2D eigenvalue weighted by atomic mass is 16.5. The standard InChI is InChI=1S/C21H24N4O4/c1-3-29-21(28)14-8-10-24(11-9-14)18(26)13-25-17-7-5-4-6-15(17)16-12-22-23(2)20(27)19(16)25/h4-7,12,14H,3,8-11,13H2,1-2H3. The van der Waals surface area contributed by atoms with E-state index in [-0.39, 0.29) is 29.9 Å². The molecule has 1 aromatic carbocycles. The van der Waals surface area contributed by atoms with Crippen LogP contribution in [0.2, 0.25) is 0 Å². The Balaban J connectivity index is 1.61. The number of carbonyl (C=O) groups is 2. The monoisotopic (exact) mass is 396 g/mol. The number of amides is 1. The molecule has 0 saturated carbocycles. The van der Waals surface area contributed by atoms with Gasteiger partial charge in [0.1, 0.15) is 12.1 Å². The number of hydrogen-bond acceptors (Lipinski definition) is 5. The first kappa shape index (κ1) is 19.2. The lowest BCUT2D eigenvalue weighted by atomic mass is 9.97. The second-order valence-electron chi connectivity index (χ2n) is 7.35. The van der Waals surface area contributed by atoms with E-state index in [1.807, 2.05) is 24.3 Å². The smallest absolute Gasteiger partial charge is 0.309 e. The molecule has 1 fully saturated rings. The number of piperidine rings is 1. The number of benzene rings is 1. The maximum atomic E-state index is 13.0. The van der Waals surface area contributed by atoms with Crippen LogP contribution < -0.4 is 5.56 Å². The second kappa shape index (κ2) is 7.69. The van der Waals surface area contributed by atoms with E-state index in [1.54, 1.807) is 29.6 Å². The topological polar surface area (TPSA) is 86.4 Å². The quantitative estimate of drug-likeness (QED) is 0.627. The molecule has 1 aliphatic rings. The average Bonchev–Trinajstić information content (AvgIpc) is 3.05. The molecule has 0 spiro atoms. The van der Waals surface area contributed by atoms with Gasteiger partial charge in [0.2, 0.25) is 5.91 Å². The van der Waals surface area contributed by atoms with Crippen LogP contribution in [-0.4, -0.2) is 50.8 Å². The van der Waals surface area contributed by atoms with Crippen LogP contribution in [0.3, 0.4) is 0 Å². The van der Waals surface area contributed by atoms with Gasteiger partial charge in [-0.2, -0.15) is 5.10 Å². The van der Waals surface area contributed by atoms with Crippen molar-refractivity contribution in [2.45, 2.75) is 26.3 Å². The van der Waals surface area contributed by atoms with Gasteiger partial charge in [-0.3, -0.25) is 14.4 Å². The van der Waals surface area contributed by atoms with Crippen LogP contribution >= 0.6 is 0 Å². The first-order valence-corrected chi connectivity index (χ1v) is 9.89. The van der Waals surface area contributed by atoms with Crippen molar-refractivity contribution in [3.63, 3.8) is 0 Å². The molecule has 0 unspecified atom stereocenters. The predicted molar refractivity (Wildman–Crippen MR) is 108 cm³/mol. The van der Waals surface area contributed by atoms with E-state index >= 15 is 0 Å². The summed E-state index contributed by atoms with van der Waals surface area (Å²) in [7, 11) is 1.60. The van der Waals surface area contributed by atoms with E-state index < -0.39 is 0 Å². The van der Waals surface area contributed by atoms with E-state index in [9.17, 15) is 14.4 Å². The number of likely N-dealkylation sites (tertiary alicyclic amines) is 1. The van der Waals surface area contributed by atoms with Crippen molar-refractivity contribution in [2.24, 2.45) is 13.0 Å². The number of carbonyl (C=O) groups excluding carboxylic acids is 2. The van der Waals surface area contributed by atoms with Crippen molar-refractivity contribution in [3.8, 4) is 0 Å². The van der Waals surface area contributed by atoms with Crippen LogP contribution in [0.5, 0.6) is 0 Å². The summed E-state index contributed by atoms with van der Waals surface area (Å²) >= 11 is 0. The Morgan fingerprint density at radius 2 is 1.90 bits per heavy atom. The molecule has 8 heteroatoms. The van der Waals surface area contributed by atoms with Gasteiger partial charge < -0.3 is 14.2 Å². The fraction of sp³-hybridized carbons (Fsp3) is 0.429. The Bertz CT molecular complexity index is 1140. The number of aromatic nitrogens is 3. The zero-order valence-electron chi connectivity index (χ0n) is 16.6. The first-order valence-electron chi connectivity index (χ1n) is 9.89. The summed E-state index contributed by atoms with van der Waals surface area (Å²) in [6, 6.07) is 7.65. The Morgan fingerprint density at radius 3 is 2.62 bits per heavy atom. The number of rotatable bonds is 4. The molecule has 4 rings (SSSR count). The van der Waals surface area contributed by atoms with Crippen LogP contribution in [-0.2, 0) is 27.9 Å². The Labute approximate surface area is 167 Å². The molecule has 0 bridgehead atoms. The number of ether oxygens (including phenoxy) is 1. The number of hydrogen-bond donors (Lipinski definition) is 0. The molecule has 8 nitrogen and oxygen atoms in total. The molecule has 1 amide bonds. The second-order valence-corrected chi connectivity index (χ2v) is 7.35. The fourth-order valence-corrected chi connectivity index (χ4v) is 4.07. The zero-order valence-corrected chi connectivity index (χ0v) is 16.6. The van der Waals surface area contributed by atoms with E-state index in [0.29, 0.717) is 38.1 Å². The largest absolute Gasteiger partial charge is 0.466 e. The summed E-state index contributed by atoms with van der Waals surface area (Å²) in [5.74, 6) is -0.391. The van der Waals surface area contributed by atoms with Gasteiger partial charge in [0.25, 0.3) is 5.56 Å². The van der Waals surface area contributed by atoms with Gasteiger partial charge >= 0.3 is 5.97 Å². The molecule has 0 aliphatic carbocycles. The van der Waals surface area contributed by atoms with E-state index in [1.165, 1.54) is 4.68 Å². The molecular weight excluding hydrogens is 372 g/mol. The maximum Gasteiger partial charge on any atom is 0.309 e. The molecule has 0 radical (unpaired) electrons. The SMILES string of the molecule is CCOC(=O)C1CCN(C(=O)Cn2c3ccccc3c3cnn(C)c(=O)c32)CC1. The number of esters is 1. The van der Waals surface area contributed by atoms with Crippen LogP contribution in [0.4, 0.5) is 0 Å². The zero-order chi connectivity index (χ0) is 20.5. The molecule has 1 saturated heterocycles. The highest BCUT2D eigenvalue weighted by molar-refractivity contribution is 6.07. The molecule has 0 atom stereocenters. The predicted octanol–water partition coefficient (Wildman–Crippen LogP) is 1.69. The summed E-state index contributed by atoms with van der Waals surface area (Å²) in [5, 5.41) is 5.78. The van der Waals surface area contributed by atoms with Gasteiger partial charge in [0, 0.05) is 36.4 Å². The summed E-state index contributed by atoms with van der Waals surface area (Å²) in [4.78, 5) is 39.5. The highest BCUT2D eigenvalue weighted by Crippen LogP contribution is 2.27. The molecule has 29 heavy (non-hydrogen) atoms. The Kier molecular flexibility index (Phi) is 5.08.